The highest BCUT2D eigenvalue weighted by molar-refractivity contribution is 14.1. The molecule has 0 atom stereocenters. The fourth-order valence-electron chi connectivity index (χ4n) is 2.10. The molecule has 2 aromatic rings. The first-order valence-electron chi connectivity index (χ1n) is 7.96. The highest BCUT2D eigenvalue weighted by atomic mass is 127. The van der Waals surface area contributed by atoms with Gasteiger partial charge in [0.05, 0.1) is 9.26 Å². The number of nitrogens with zero attached hydrogens (tertiary/aromatic N) is 1. The summed E-state index contributed by atoms with van der Waals surface area (Å²) >= 11 is 2.02. The van der Waals surface area contributed by atoms with Gasteiger partial charge in [0.15, 0.2) is 0 Å². The smallest absolute Gasteiger partial charge is 0.329 e. The number of nitrogens with one attached hydrogen (secondary N) is 2. The SMILES string of the molecule is CC(C)(C)NC(=O)NS(=O)(=O)c1cc(N([O-])O)ccc1Oc1ccccc1I. The molecular weight excluding hydrogens is 501 g/mol. The fourth-order valence-corrected chi connectivity index (χ4v) is 3.65. The summed E-state index contributed by atoms with van der Waals surface area (Å²) in [6.07, 6.45) is 0. The second kappa shape index (κ2) is 8.51. The lowest BCUT2D eigenvalue weighted by Gasteiger charge is -2.24. The molecule has 0 radical (unpaired) electrons. The van der Waals surface area contributed by atoms with Gasteiger partial charge in [-0.1, -0.05) is 12.1 Å². The second-order valence-corrected chi connectivity index (χ2v) is 9.56. The summed E-state index contributed by atoms with van der Waals surface area (Å²) in [5, 5.41) is 22.3. The highest BCUT2D eigenvalue weighted by Gasteiger charge is 2.25. The van der Waals surface area contributed by atoms with E-state index in [2.05, 4.69) is 5.32 Å². The zero-order valence-electron chi connectivity index (χ0n) is 15.3. The number of hydrogen-bond acceptors (Lipinski definition) is 7. The first kappa shape index (κ1) is 22.2. The van der Waals surface area contributed by atoms with Crippen LogP contribution in [0, 0.1) is 8.78 Å². The summed E-state index contributed by atoms with van der Waals surface area (Å²) in [5.74, 6) is 0.264. The van der Waals surface area contributed by atoms with E-state index < -0.39 is 31.7 Å². The van der Waals surface area contributed by atoms with E-state index in [0.29, 0.717) is 5.75 Å². The second-order valence-electron chi connectivity index (χ2n) is 6.75. The van der Waals surface area contributed by atoms with Crippen molar-refractivity contribution in [1.29, 1.82) is 0 Å². The molecule has 3 N–H and O–H groups in total. The first-order valence-corrected chi connectivity index (χ1v) is 10.5. The van der Waals surface area contributed by atoms with Crippen molar-refractivity contribution in [2.75, 3.05) is 5.23 Å². The van der Waals surface area contributed by atoms with Crippen molar-refractivity contribution in [3.63, 3.8) is 0 Å². The molecule has 2 aromatic carbocycles. The van der Waals surface area contributed by atoms with Gasteiger partial charge in [-0.15, -0.1) is 0 Å². The molecule has 0 spiro atoms. The Morgan fingerprint density at radius 3 is 2.39 bits per heavy atom. The van der Waals surface area contributed by atoms with Gasteiger partial charge in [-0.05, 0) is 73.7 Å². The number of carbonyl (C=O) groups is 1. The van der Waals surface area contributed by atoms with Gasteiger partial charge in [0.2, 0.25) is 0 Å². The molecule has 2 amide bonds. The Labute approximate surface area is 176 Å². The molecule has 0 saturated carbocycles. The molecule has 0 aliphatic heterocycles. The molecule has 0 saturated heterocycles. The van der Waals surface area contributed by atoms with Crippen molar-refractivity contribution in [3.8, 4) is 11.5 Å². The average Bonchev–Trinajstić information content (AvgIpc) is 2.54. The Hall–Kier alpha value is -2.09. The number of benzene rings is 2. The highest BCUT2D eigenvalue weighted by Crippen LogP contribution is 2.33. The van der Waals surface area contributed by atoms with Gasteiger partial charge in [0.1, 0.15) is 16.4 Å². The number of carbonyl (C=O) groups excluding carboxylic acids is 1. The van der Waals surface area contributed by atoms with Crippen LogP contribution in [0.25, 0.3) is 0 Å². The molecule has 0 bridgehead atoms. The van der Waals surface area contributed by atoms with Gasteiger partial charge in [0.25, 0.3) is 10.0 Å². The van der Waals surface area contributed by atoms with Crippen molar-refractivity contribution < 1.29 is 23.2 Å². The van der Waals surface area contributed by atoms with Gasteiger partial charge in [-0.2, -0.15) is 0 Å². The predicted molar refractivity (Wildman–Crippen MR) is 112 cm³/mol. The van der Waals surface area contributed by atoms with Gasteiger partial charge >= 0.3 is 6.03 Å². The number of anilines is 1. The van der Waals surface area contributed by atoms with Crippen LogP contribution in [0.4, 0.5) is 10.5 Å². The van der Waals surface area contributed by atoms with Crippen LogP contribution in [0.1, 0.15) is 20.8 Å². The maximum absolute atomic E-state index is 12.7. The number of hydrogen-bond donors (Lipinski definition) is 3. The summed E-state index contributed by atoms with van der Waals surface area (Å²) in [6, 6.07) is 9.27. The third-order valence-electron chi connectivity index (χ3n) is 3.21. The predicted octanol–water partition coefficient (Wildman–Crippen LogP) is 3.56. The maximum atomic E-state index is 12.7. The van der Waals surface area contributed by atoms with Crippen molar-refractivity contribution >= 4 is 44.3 Å². The number of rotatable bonds is 5. The minimum atomic E-state index is -4.42. The maximum Gasteiger partial charge on any atom is 0.329 e. The minimum Gasteiger partial charge on any atom is -0.733 e. The van der Waals surface area contributed by atoms with Gasteiger partial charge < -0.3 is 20.5 Å². The summed E-state index contributed by atoms with van der Waals surface area (Å²) in [6.45, 7) is 5.06. The molecular formula is C17H19IN3O6S-. The van der Waals surface area contributed by atoms with Crippen LogP contribution in [-0.4, -0.2) is 25.2 Å². The lowest BCUT2D eigenvalue weighted by molar-refractivity contribution is 0.237. The van der Waals surface area contributed by atoms with E-state index in [9.17, 15) is 18.4 Å². The van der Waals surface area contributed by atoms with E-state index in [0.717, 1.165) is 9.64 Å². The average molecular weight is 520 g/mol. The number of sulfonamides is 1. The van der Waals surface area contributed by atoms with Crippen molar-refractivity contribution in [2.45, 2.75) is 31.2 Å². The monoisotopic (exact) mass is 520 g/mol. The lowest BCUT2D eigenvalue weighted by atomic mass is 10.1. The van der Waals surface area contributed by atoms with E-state index in [1.807, 2.05) is 27.3 Å². The molecule has 0 fully saturated rings. The molecule has 152 valence electrons. The zero-order chi connectivity index (χ0) is 21.1. The Balaban J connectivity index is 2.45. The standard InChI is InChI=1S/C17H19IN3O6S/c1-17(2,3)19-16(22)20-28(25,26)15-10-11(21(23)24)8-9-14(15)27-13-7-5-4-6-12(13)18/h4-10,23H,1-3H3,(H2,19,20,22)/q-1. The first-order chi connectivity index (χ1) is 12.9. The fraction of sp³-hybridized carbons (Fsp3) is 0.235. The molecule has 9 nitrogen and oxygen atoms in total. The van der Waals surface area contributed by atoms with E-state index in [1.54, 1.807) is 45.0 Å². The lowest BCUT2D eigenvalue weighted by Crippen LogP contribution is -2.48. The van der Waals surface area contributed by atoms with Gasteiger partial charge in [0, 0.05) is 5.54 Å². The van der Waals surface area contributed by atoms with Crippen LogP contribution >= 0.6 is 22.6 Å². The molecule has 0 heterocycles. The quantitative estimate of drug-likeness (QED) is 0.406. The summed E-state index contributed by atoms with van der Waals surface area (Å²) in [5.41, 5.74) is -1.01. The molecule has 0 aliphatic rings. The number of urea groups is 1. The molecule has 0 aromatic heterocycles. The van der Waals surface area contributed by atoms with Crippen LogP contribution in [0.5, 0.6) is 11.5 Å². The van der Waals surface area contributed by atoms with Crippen molar-refractivity contribution in [1.82, 2.24) is 10.0 Å². The number of halogens is 1. The summed E-state index contributed by atoms with van der Waals surface area (Å²) < 4.78 is 33.8. The van der Waals surface area contributed by atoms with Crippen molar-refractivity contribution in [2.24, 2.45) is 0 Å². The molecule has 11 heteroatoms. The van der Waals surface area contributed by atoms with Crippen LogP contribution in [-0.2, 0) is 10.0 Å². The van der Waals surface area contributed by atoms with Gasteiger partial charge in [-0.3, -0.25) is 5.21 Å². The number of amides is 2. The van der Waals surface area contributed by atoms with E-state index in [1.165, 1.54) is 12.1 Å². The number of ether oxygens (including phenoxy) is 1. The van der Waals surface area contributed by atoms with Gasteiger partial charge in [-0.25, -0.2) is 17.9 Å². The Morgan fingerprint density at radius 1 is 1.18 bits per heavy atom. The van der Waals surface area contributed by atoms with E-state index in [-0.39, 0.29) is 11.4 Å². The summed E-state index contributed by atoms with van der Waals surface area (Å²) in [4.78, 5) is 11.5. The largest absolute Gasteiger partial charge is 0.733 e. The third kappa shape index (κ3) is 5.95. The van der Waals surface area contributed by atoms with E-state index >= 15 is 0 Å². The number of para-hydroxylation sites is 1. The van der Waals surface area contributed by atoms with Crippen molar-refractivity contribution in [3.05, 3.63) is 51.2 Å². The molecule has 0 aliphatic carbocycles. The Bertz CT molecular complexity index is 973. The van der Waals surface area contributed by atoms with E-state index in [4.69, 9.17) is 9.94 Å². The Morgan fingerprint density at radius 2 is 1.82 bits per heavy atom. The topological polar surface area (TPSA) is 131 Å². The van der Waals surface area contributed by atoms with Crippen LogP contribution in [0.3, 0.4) is 0 Å². The summed E-state index contributed by atoms with van der Waals surface area (Å²) in [7, 11) is -4.42. The normalized spacial score (nSPS) is 11.6. The third-order valence-corrected chi connectivity index (χ3v) is 5.45. The zero-order valence-corrected chi connectivity index (χ0v) is 18.2. The minimum absolute atomic E-state index is 0.120. The van der Waals surface area contributed by atoms with Crippen LogP contribution in [0.15, 0.2) is 47.4 Å². The molecule has 28 heavy (non-hydrogen) atoms. The molecule has 0 unspecified atom stereocenters. The Kier molecular flexibility index (Phi) is 6.75. The van der Waals surface area contributed by atoms with Crippen LogP contribution in [0.2, 0.25) is 0 Å². The van der Waals surface area contributed by atoms with Crippen LogP contribution < -0.4 is 20.0 Å². The molecule has 2 rings (SSSR count).